The van der Waals surface area contributed by atoms with Gasteiger partial charge in [0.15, 0.2) is 5.96 Å². The second kappa shape index (κ2) is 9.83. The molecule has 1 aromatic carbocycles. The van der Waals surface area contributed by atoms with Crippen molar-refractivity contribution in [2.75, 3.05) is 32.4 Å². The van der Waals surface area contributed by atoms with Crippen molar-refractivity contribution in [2.24, 2.45) is 4.99 Å². The van der Waals surface area contributed by atoms with Crippen LogP contribution in [0.4, 0.5) is 0 Å². The van der Waals surface area contributed by atoms with Crippen molar-refractivity contribution in [1.82, 2.24) is 15.5 Å². The SMILES string of the molecule is CCNC(=NCc1ccc(SC)cc1)NCC1CCCN1CC. The summed E-state index contributed by atoms with van der Waals surface area (Å²) < 4.78 is 0. The zero-order valence-electron chi connectivity index (χ0n) is 14.6. The fourth-order valence-corrected chi connectivity index (χ4v) is 3.41. The highest BCUT2D eigenvalue weighted by molar-refractivity contribution is 7.98. The molecule has 1 aliphatic heterocycles. The van der Waals surface area contributed by atoms with Gasteiger partial charge in [0.2, 0.25) is 0 Å². The Kier molecular flexibility index (Phi) is 7.76. The number of hydrogen-bond acceptors (Lipinski definition) is 3. The van der Waals surface area contributed by atoms with E-state index in [1.165, 1.54) is 29.8 Å². The standard InChI is InChI=1S/C18H30N4S/c1-4-19-18(21-14-16-7-6-12-22(16)5-2)20-13-15-8-10-17(23-3)11-9-15/h8-11,16H,4-7,12-14H2,1-3H3,(H2,19,20,21). The Morgan fingerprint density at radius 1 is 1.26 bits per heavy atom. The maximum Gasteiger partial charge on any atom is 0.191 e. The van der Waals surface area contributed by atoms with Gasteiger partial charge >= 0.3 is 0 Å². The molecule has 0 radical (unpaired) electrons. The second-order valence-corrected chi connectivity index (χ2v) is 6.73. The van der Waals surface area contributed by atoms with Crippen molar-refractivity contribution in [1.29, 1.82) is 0 Å². The van der Waals surface area contributed by atoms with Crippen LogP contribution < -0.4 is 10.6 Å². The van der Waals surface area contributed by atoms with E-state index in [1.807, 2.05) is 0 Å². The zero-order valence-corrected chi connectivity index (χ0v) is 15.5. The van der Waals surface area contributed by atoms with Crippen LogP contribution in [-0.4, -0.2) is 49.3 Å². The summed E-state index contributed by atoms with van der Waals surface area (Å²) in [5, 5.41) is 6.86. The van der Waals surface area contributed by atoms with E-state index < -0.39 is 0 Å². The van der Waals surface area contributed by atoms with E-state index in [0.29, 0.717) is 12.6 Å². The van der Waals surface area contributed by atoms with Crippen molar-refractivity contribution in [3.8, 4) is 0 Å². The highest BCUT2D eigenvalue weighted by atomic mass is 32.2. The van der Waals surface area contributed by atoms with Crippen molar-refractivity contribution < 1.29 is 0 Å². The Morgan fingerprint density at radius 3 is 2.70 bits per heavy atom. The molecule has 0 saturated carbocycles. The van der Waals surface area contributed by atoms with Crippen LogP contribution in [0.15, 0.2) is 34.2 Å². The van der Waals surface area contributed by atoms with Gasteiger partial charge in [-0.15, -0.1) is 11.8 Å². The monoisotopic (exact) mass is 334 g/mol. The molecule has 0 amide bonds. The first-order valence-electron chi connectivity index (χ1n) is 8.66. The van der Waals surface area contributed by atoms with E-state index in [9.17, 15) is 0 Å². The molecule has 1 aliphatic rings. The highest BCUT2D eigenvalue weighted by Gasteiger charge is 2.22. The quantitative estimate of drug-likeness (QED) is 0.457. The summed E-state index contributed by atoms with van der Waals surface area (Å²) in [6, 6.07) is 9.29. The van der Waals surface area contributed by atoms with Crippen LogP contribution in [0.1, 0.15) is 32.3 Å². The third-order valence-electron chi connectivity index (χ3n) is 4.33. The Bertz CT molecular complexity index is 486. The van der Waals surface area contributed by atoms with Crippen LogP contribution in [0.2, 0.25) is 0 Å². The van der Waals surface area contributed by atoms with Gasteiger partial charge < -0.3 is 10.6 Å². The van der Waals surface area contributed by atoms with E-state index in [2.05, 4.69) is 59.9 Å². The minimum atomic E-state index is 0.643. The predicted octanol–water partition coefficient (Wildman–Crippen LogP) is 2.95. The number of rotatable bonds is 7. The number of likely N-dealkylation sites (tertiary alicyclic amines) is 1. The van der Waals surface area contributed by atoms with Gasteiger partial charge in [-0.1, -0.05) is 19.1 Å². The summed E-state index contributed by atoms with van der Waals surface area (Å²) in [6.45, 7) is 9.31. The highest BCUT2D eigenvalue weighted by Crippen LogP contribution is 2.16. The summed E-state index contributed by atoms with van der Waals surface area (Å²) in [4.78, 5) is 8.57. The van der Waals surface area contributed by atoms with Crippen LogP contribution in [0, 0.1) is 0 Å². The van der Waals surface area contributed by atoms with E-state index in [-0.39, 0.29) is 0 Å². The first-order chi connectivity index (χ1) is 11.3. The molecule has 4 nitrogen and oxygen atoms in total. The van der Waals surface area contributed by atoms with Gasteiger partial charge in [0.1, 0.15) is 0 Å². The molecule has 23 heavy (non-hydrogen) atoms. The van der Waals surface area contributed by atoms with Crippen LogP contribution >= 0.6 is 11.8 Å². The van der Waals surface area contributed by atoms with E-state index in [0.717, 1.165) is 25.6 Å². The molecule has 1 saturated heterocycles. The predicted molar refractivity (Wildman–Crippen MR) is 101 cm³/mol. The van der Waals surface area contributed by atoms with Crippen molar-refractivity contribution >= 4 is 17.7 Å². The molecule has 2 N–H and O–H groups in total. The molecule has 1 heterocycles. The molecule has 2 rings (SSSR count). The number of benzene rings is 1. The summed E-state index contributed by atoms with van der Waals surface area (Å²) in [6.07, 6.45) is 4.70. The van der Waals surface area contributed by atoms with Gasteiger partial charge in [-0.05, 0) is 56.8 Å². The van der Waals surface area contributed by atoms with Gasteiger partial charge in [-0.25, -0.2) is 4.99 Å². The fraction of sp³-hybridized carbons (Fsp3) is 0.611. The number of guanidine groups is 1. The van der Waals surface area contributed by atoms with Crippen LogP contribution in [0.25, 0.3) is 0 Å². The van der Waals surface area contributed by atoms with Crippen molar-refractivity contribution in [3.05, 3.63) is 29.8 Å². The van der Waals surface area contributed by atoms with Crippen molar-refractivity contribution in [2.45, 2.75) is 44.2 Å². The normalized spacial score (nSPS) is 19.1. The topological polar surface area (TPSA) is 39.7 Å². The third kappa shape index (κ3) is 5.74. The number of aliphatic imine (C=N–C) groups is 1. The van der Waals surface area contributed by atoms with Gasteiger partial charge in [0.05, 0.1) is 6.54 Å². The average Bonchev–Trinajstić information content (AvgIpc) is 3.05. The second-order valence-electron chi connectivity index (χ2n) is 5.85. The molecule has 0 spiro atoms. The molecule has 0 bridgehead atoms. The van der Waals surface area contributed by atoms with Gasteiger partial charge in [0.25, 0.3) is 0 Å². The van der Waals surface area contributed by atoms with Crippen LogP contribution in [0.5, 0.6) is 0 Å². The smallest absolute Gasteiger partial charge is 0.191 e. The molecule has 0 aromatic heterocycles. The summed E-state index contributed by atoms with van der Waals surface area (Å²) in [5.41, 5.74) is 1.25. The average molecular weight is 335 g/mol. The lowest BCUT2D eigenvalue weighted by Crippen LogP contribution is -2.44. The Hall–Kier alpha value is -1.20. The minimum absolute atomic E-state index is 0.643. The van der Waals surface area contributed by atoms with Crippen molar-refractivity contribution in [3.63, 3.8) is 0 Å². The molecule has 0 aliphatic carbocycles. The molecular weight excluding hydrogens is 304 g/mol. The van der Waals surface area contributed by atoms with E-state index >= 15 is 0 Å². The lowest BCUT2D eigenvalue weighted by molar-refractivity contribution is 0.267. The fourth-order valence-electron chi connectivity index (χ4n) is 3.00. The lowest BCUT2D eigenvalue weighted by atomic mass is 10.2. The maximum absolute atomic E-state index is 4.72. The molecule has 5 heteroatoms. The first-order valence-corrected chi connectivity index (χ1v) is 9.88. The number of nitrogens with zero attached hydrogens (tertiary/aromatic N) is 2. The molecule has 1 aromatic rings. The zero-order chi connectivity index (χ0) is 16.5. The molecule has 1 atom stereocenters. The Labute approximate surface area is 145 Å². The maximum atomic E-state index is 4.72. The lowest BCUT2D eigenvalue weighted by Gasteiger charge is -2.24. The summed E-state index contributed by atoms with van der Waals surface area (Å²) in [5.74, 6) is 0.921. The number of thioether (sulfide) groups is 1. The third-order valence-corrected chi connectivity index (χ3v) is 5.08. The van der Waals surface area contributed by atoms with Gasteiger partial charge in [0, 0.05) is 24.0 Å². The summed E-state index contributed by atoms with van der Waals surface area (Å²) >= 11 is 1.77. The number of hydrogen-bond donors (Lipinski definition) is 2. The molecular formula is C18H30N4S. The van der Waals surface area contributed by atoms with E-state index in [4.69, 9.17) is 4.99 Å². The van der Waals surface area contributed by atoms with Crippen LogP contribution in [0.3, 0.4) is 0 Å². The number of likely N-dealkylation sites (N-methyl/N-ethyl adjacent to an activating group) is 1. The Balaban J connectivity index is 1.88. The van der Waals surface area contributed by atoms with Crippen LogP contribution in [-0.2, 0) is 6.54 Å². The molecule has 1 fully saturated rings. The molecule has 128 valence electrons. The Morgan fingerprint density at radius 2 is 2.04 bits per heavy atom. The largest absolute Gasteiger partial charge is 0.357 e. The first kappa shape index (κ1) is 18.1. The van der Waals surface area contributed by atoms with Gasteiger partial charge in [-0.3, -0.25) is 4.90 Å². The minimum Gasteiger partial charge on any atom is -0.357 e. The van der Waals surface area contributed by atoms with Gasteiger partial charge in [-0.2, -0.15) is 0 Å². The summed E-state index contributed by atoms with van der Waals surface area (Å²) in [7, 11) is 0. The number of nitrogens with one attached hydrogen (secondary N) is 2. The van der Waals surface area contributed by atoms with E-state index in [1.54, 1.807) is 11.8 Å². The molecule has 1 unspecified atom stereocenters.